The zero-order valence-corrected chi connectivity index (χ0v) is 14.2. The molecule has 25 heavy (non-hydrogen) atoms. The first-order valence-corrected chi connectivity index (χ1v) is 7.78. The lowest BCUT2D eigenvalue weighted by Gasteiger charge is -2.15. The topological polar surface area (TPSA) is 64.4 Å². The fourth-order valence-corrected chi connectivity index (χ4v) is 2.25. The largest absolute Gasteiger partial charge is 0.491 e. The lowest BCUT2D eigenvalue weighted by Crippen LogP contribution is -2.17. The predicted molar refractivity (Wildman–Crippen MR) is 85.5 cm³/mol. The number of anilines is 1. The van der Waals surface area contributed by atoms with Crippen LogP contribution in [0.2, 0.25) is 0 Å². The van der Waals surface area contributed by atoms with Crippen LogP contribution >= 0.6 is 0 Å². The number of rotatable bonds is 6. The van der Waals surface area contributed by atoms with E-state index in [9.17, 15) is 18.0 Å². The van der Waals surface area contributed by atoms with E-state index in [2.05, 4.69) is 10.5 Å². The number of nitrogens with zero attached hydrogens (tertiary/aromatic N) is 1. The van der Waals surface area contributed by atoms with Crippen LogP contribution in [0.15, 0.2) is 22.7 Å². The Morgan fingerprint density at radius 2 is 2.04 bits per heavy atom. The van der Waals surface area contributed by atoms with Crippen LogP contribution in [-0.4, -0.2) is 17.7 Å². The average Bonchev–Trinajstić information content (AvgIpc) is 2.84. The highest BCUT2D eigenvalue weighted by Gasteiger charge is 2.31. The highest BCUT2D eigenvalue weighted by molar-refractivity contribution is 5.94. The molecule has 136 valence electrons. The van der Waals surface area contributed by atoms with Crippen LogP contribution in [-0.2, 0) is 17.4 Å². The second-order valence-corrected chi connectivity index (χ2v) is 5.58. The summed E-state index contributed by atoms with van der Waals surface area (Å²) in [7, 11) is 0. The van der Waals surface area contributed by atoms with E-state index < -0.39 is 17.6 Å². The van der Waals surface area contributed by atoms with Crippen LogP contribution in [0.25, 0.3) is 0 Å². The highest BCUT2D eigenvalue weighted by atomic mass is 19.4. The summed E-state index contributed by atoms with van der Waals surface area (Å²) in [5.74, 6) is 0.219. The summed E-state index contributed by atoms with van der Waals surface area (Å²) in [6.45, 7) is 5.57. The van der Waals surface area contributed by atoms with Crippen molar-refractivity contribution in [2.75, 3.05) is 11.9 Å². The van der Waals surface area contributed by atoms with Crippen molar-refractivity contribution in [2.45, 2.75) is 39.8 Å². The minimum Gasteiger partial charge on any atom is -0.491 e. The van der Waals surface area contributed by atoms with E-state index >= 15 is 0 Å². The molecular weight excluding hydrogens is 337 g/mol. The van der Waals surface area contributed by atoms with Crippen LogP contribution in [0.5, 0.6) is 5.75 Å². The molecule has 2 aromatic rings. The minimum atomic E-state index is -4.51. The number of hydrogen-bond acceptors (Lipinski definition) is 4. The van der Waals surface area contributed by atoms with Gasteiger partial charge in [-0.2, -0.15) is 13.2 Å². The molecule has 1 aromatic heterocycles. The summed E-state index contributed by atoms with van der Waals surface area (Å²) in [5, 5.41) is 6.24. The summed E-state index contributed by atoms with van der Waals surface area (Å²) in [4.78, 5) is 12.3. The van der Waals surface area contributed by atoms with Gasteiger partial charge in [-0.05, 0) is 38.5 Å². The Morgan fingerprint density at radius 3 is 2.60 bits per heavy atom. The van der Waals surface area contributed by atoms with Gasteiger partial charge in [0, 0.05) is 5.56 Å². The molecule has 0 aliphatic rings. The number of carbonyl (C=O) groups excluding carboxylic acids is 1. The smallest absolute Gasteiger partial charge is 0.416 e. The van der Waals surface area contributed by atoms with Gasteiger partial charge in [-0.15, -0.1) is 0 Å². The van der Waals surface area contributed by atoms with Gasteiger partial charge < -0.3 is 14.6 Å². The summed E-state index contributed by atoms with van der Waals surface area (Å²) in [6.07, 6.45) is -3.87. The lowest BCUT2D eigenvalue weighted by atomic mass is 10.1. The van der Waals surface area contributed by atoms with Crippen molar-refractivity contribution in [3.8, 4) is 5.75 Å². The van der Waals surface area contributed by atoms with E-state index in [-0.39, 0.29) is 17.9 Å². The number of nitrogens with one attached hydrogen (secondary N) is 1. The standard InChI is InChI=1S/C17H19F3N2O3/c1-4-7-24-15-6-5-12(17(18,19)20)8-14(15)21-16(23)9-13-10(2)22-25-11(13)3/h5-6,8H,4,7,9H2,1-3H3,(H,21,23). The molecule has 8 heteroatoms. The maximum absolute atomic E-state index is 12.9. The molecule has 0 bridgehead atoms. The number of amides is 1. The molecule has 0 fully saturated rings. The summed E-state index contributed by atoms with van der Waals surface area (Å²) >= 11 is 0. The number of hydrogen-bond donors (Lipinski definition) is 1. The monoisotopic (exact) mass is 356 g/mol. The third kappa shape index (κ3) is 4.74. The normalized spacial score (nSPS) is 11.4. The van der Waals surface area contributed by atoms with E-state index in [1.807, 2.05) is 6.92 Å². The maximum atomic E-state index is 12.9. The van der Waals surface area contributed by atoms with Crippen LogP contribution in [0.1, 0.15) is 35.9 Å². The lowest BCUT2D eigenvalue weighted by molar-refractivity contribution is -0.137. The molecule has 5 nitrogen and oxygen atoms in total. The van der Waals surface area contributed by atoms with Gasteiger partial charge in [0.1, 0.15) is 11.5 Å². The third-order valence-corrected chi connectivity index (χ3v) is 3.56. The van der Waals surface area contributed by atoms with Crippen molar-refractivity contribution in [1.29, 1.82) is 0 Å². The van der Waals surface area contributed by atoms with Gasteiger partial charge in [-0.25, -0.2) is 0 Å². The molecule has 2 rings (SSSR count). The number of halogens is 3. The fraction of sp³-hybridized carbons (Fsp3) is 0.412. The molecule has 0 saturated carbocycles. The number of aromatic nitrogens is 1. The second-order valence-electron chi connectivity index (χ2n) is 5.58. The zero-order valence-electron chi connectivity index (χ0n) is 14.2. The molecule has 0 spiro atoms. The van der Waals surface area contributed by atoms with E-state index in [1.165, 1.54) is 6.07 Å². The van der Waals surface area contributed by atoms with E-state index in [1.54, 1.807) is 13.8 Å². The van der Waals surface area contributed by atoms with Crippen molar-refractivity contribution < 1.29 is 27.2 Å². The first kappa shape index (κ1) is 18.8. The first-order chi connectivity index (χ1) is 11.7. The number of carbonyl (C=O) groups is 1. The number of benzene rings is 1. The van der Waals surface area contributed by atoms with E-state index in [0.29, 0.717) is 30.0 Å². The molecule has 0 aliphatic heterocycles. The van der Waals surface area contributed by atoms with Crippen LogP contribution < -0.4 is 10.1 Å². The van der Waals surface area contributed by atoms with Crippen molar-refractivity contribution in [1.82, 2.24) is 5.16 Å². The number of aryl methyl sites for hydroxylation is 2. The van der Waals surface area contributed by atoms with Gasteiger partial charge in [-0.3, -0.25) is 4.79 Å². The van der Waals surface area contributed by atoms with Crippen molar-refractivity contribution in [2.24, 2.45) is 0 Å². The Labute approximate surface area is 143 Å². The predicted octanol–water partition coefficient (Wildman–Crippen LogP) is 4.28. The van der Waals surface area contributed by atoms with Crippen molar-refractivity contribution in [3.63, 3.8) is 0 Å². The zero-order chi connectivity index (χ0) is 18.6. The Balaban J connectivity index is 2.24. The second kappa shape index (κ2) is 7.58. The quantitative estimate of drug-likeness (QED) is 0.839. The molecule has 0 unspecified atom stereocenters. The minimum absolute atomic E-state index is 0.0139. The molecule has 1 N–H and O–H groups in total. The summed E-state index contributed by atoms with van der Waals surface area (Å²) in [5.41, 5.74) is 0.309. The molecule has 1 amide bonds. The summed E-state index contributed by atoms with van der Waals surface area (Å²) < 4.78 is 49.2. The molecule has 0 saturated heterocycles. The van der Waals surface area contributed by atoms with Crippen molar-refractivity contribution in [3.05, 3.63) is 40.8 Å². The maximum Gasteiger partial charge on any atom is 0.416 e. The Hall–Kier alpha value is -2.51. The third-order valence-electron chi connectivity index (χ3n) is 3.56. The van der Waals surface area contributed by atoms with Crippen molar-refractivity contribution >= 4 is 11.6 Å². The molecule has 1 heterocycles. The van der Waals surface area contributed by atoms with Gasteiger partial charge in [0.05, 0.1) is 30.0 Å². The molecule has 0 radical (unpaired) electrons. The molecule has 0 atom stereocenters. The SMILES string of the molecule is CCCOc1ccc(C(F)(F)F)cc1NC(=O)Cc1c(C)noc1C. The van der Waals surface area contributed by atoms with Gasteiger partial charge in [0.25, 0.3) is 0 Å². The fourth-order valence-electron chi connectivity index (χ4n) is 2.25. The first-order valence-electron chi connectivity index (χ1n) is 7.78. The molecule has 0 aliphatic carbocycles. The van der Waals surface area contributed by atoms with Crippen LogP contribution in [0.4, 0.5) is 18.9 Å². The van der Waals surface area contributed by atoms with E-state index in [4.69, 9.17) is 9.26 Å². The molecule has 1 aromatic carbocycles. The Morgan fingerprint density at radius 1 is 1.32 bits per heavy atom. The van der Waals surface area contributed by atoms with Gasteiger partial charge in [0.2, 0.25) is 5.91 Å². The average molecular weight is 356 g/mol. The number of alkyl halides is 3. The van der Waals surface area contributed by atoms with Gasteiger partial charge in [0.15, 0.2) is 0 Å². The van der Waals surface area contributed by atoms with Crippen LogP contribution in [0.3, 0.4) is 0 Å². The van der Waals surface area contributed by atoms with Crippen LogP contribution in [0, 0.1) is 13.8 Å². The van der Waals surface area contributed by atoms with Gasteiger partial charge in [-0.1, -0.05) is 12.1 Å². The summed E-state index contributed by atoms with van der Waals surface area (Å²) in [6, 6.07) is 3.01. The van der Waals surface area contributed by atoms with E-state index in [0.717, 1.165) is 12.1 Å². The molecular formula is C17H19F3N2O3. The Bertz CT molecular complexity index is 735. The highest BCUT2D eigenvalue weighted by Crippen LogP contribution is 2.35. The Kier molecular flexibility index (Phi) is 5.71. The number of ether oxygens (including phenoxy) is 1. The van der Waals surface area contributed by atoms with Gasteiger partial charge >= 0.3 is 6.18 Å².